The molecule has 166 valence electrons. The Bertz CT molecular complexity index is 1220. The van der Waals surface area contributed by atoms with E-state index in [0.717, 1.165) is 10.2 Å². The van der Waals surface area contributed by atoms with Crippen LogP contribution in [-0.4, -0.2) is 37.0 Å². The van der Waals surface area contributed by atoms with Crippen LogP contribution in [0.3, 0.4) is 0 Å². The van der Waals surface area contributed by atoms with Crippen LogP contribution in [0.4, 0.5) is 5.13 Å². The molecule has 1 aromatic heterocycles. The Balaban J connectivity index is 1.61. The molecule has 0 fully saturated rings. The number of thiazole rings is 1. The van der Waals surface area contributed by atoms with Gasteiger partial charge in [0.2, 0.25) is 11.1 Å². The van der Waals surface area contributed by atoms with Crippen molar-refractivity contribution in [2.75, 3.05) is 14.2 Å². The summed E-state index contributed by atoms with van der Waals surface area (Å²) in [6, 6.07) is 20.8. The number of nitrogens with one attached hydrogen (secondary N) is 2. The minimum Gasteiger partial charge on any atom is -0.497 e. The van der Waals surface area contributed by atoms with Crippen LogP contribution < -0.4 is 20.1 Å². The summed E-state index contributed by atoms with van der Waals surface area (Å²) >= 11 is 1.35. The van der Waals surface area contributed by atoms with Crippen LogP contribution in [0.25, 0.3) is 10.2 Å². The average Bonchev–Trinajstić information content (AvgIpc) is 3.26. The molecule has 0 spiro atoms. The molecule has 2 N–H and O–H groups in total. The van der Waals surface area contributed by atoms with Crippen molar-refractivity contribution in [3.63, 3.8) is 0 Å². The van der Waals surface area contributed by atoms with E-state index < -0.39 is 11.8 Å². The fourth-order valence-electron chi connectivity index (χ4n) is 2.93. The number of guanidine groups is 1. The van der Waals surface area contributed by atoms with Crippen molar-refractivity contribution < 1.29 is 19.1 Å². The zero-order chi connectivity index (χ0) is 23.2. The van der Waals surface area contributed by atoms with Gasteiger partial charge in [-0.3, -0.25) is 20.2 Å². The van der Waals surface area contributed by atoms with E-state index in [4.69, 9.17) is 9.47 Å². The SMILES string of the molecule is COc1ccc(C(=O)NC(=Nc2nc3ccccc3s2)NC(=O)c2ccc(OC)cc2)cc1. The number of methoxy groups -OCH3 is 2. The van der Waals surface area contributed by atoms with Gasteiger partial charge in [-0.1, -0.05) is 23.5 Å². The van der Waals surface area contributed by atoms with Gasteiger partial charge in [-0.05, 0) is 60.7 Å². The predicted octanol–water partition coefficient (Wildman–Crippen LogP) is 4.16. The highest BCUT2D eigenvalue weighted by molar-refractivity contribution is 7.22. The number of rotatable bonds is 5. The zero-order valence-electron chi connectivity index (χ0n) is 17.9. The fraction of sp³-hybridized carbons (Fsp3) is 0.0833. The molecule has 2 amide bonds. The van der Waals surface area contributed by atoms with Crippen molar-refractivity contribution in [1.29, 1.82) is 0 Å². The largest absolute Gasteiger partial charge is 0.497 e. The van der Waals surface area contributed by atoms with Crippen molar-refractivity contribution in [3.8, 4) is 11.5 Å². The number of amides is 2. The quantitative estimate of drug-likeness (QED) is 0.344. The summed E-state index contributed by atoms with van der Waals surface area (Å²) in [5, 5.41) is 5.73. The lowest BCUT2D eigenvalue weighted by atomic mass is 10.2. The summed E-state index contributed by atoms with van der Waals surface area (Å²) in [6.45, 7) is 0. The van der Waals surface area contributed by atoms with Gasteiger partial charge in [0, 0.05) is 11.1 Å². The van der Waals surface area contributed by atoms with Crippen LogP contribution >= 0.6 is 11.3 Å². The molecule has 0 unspecified atom stereocenters. The molecule has 4 rings (SSSR count). The third-order valence-corrected chi connectivity index (χ3v) is 5.59. The van der Waals surface area contributed by atoms with Gasteiger partial charge >= 0.3 is 0 Å². The first-order chi connectivity index (χ1) is 16.1. The van der Waals surface area contributed by atoms with Crippen LogP contribution in [0.15, 0.2) is 77.8 Å². The Morgan fingerprint density at radius 3 is 1.79 bits per heavy atom. The molecule has 0 radical (unpaired) electrons. The Morgan fingerprint density at radius 2 is 1.30 bits per heavy atom. The standard InChI is InChI=1S/C24H20N4O4S/c1-31-17-11-7-15(8-12-17)21(29)26-23(27-22(30)16-9-13-18(32-2)14-10-16)28-24-25-19-5-3-4-6-20(19)33-24/h3-14H,1-2H3,(H2,25,26,27,28,29,30). The second-order valence-corrected chi connectivity index (χ2v) is 7.80. The van der Waals surface area contributed by atoms with E-state index in [2.05, 4.69) is 20.6 Å². The van der Waals surface area contributed by atoms with Crippen molar-refractivity contribution in [3.05, 3.63) is 83.9 Å². The highest BCUT2D eigenvalue weighted by atomic mass is 32.1. The number of hydrogen-bond donors (Lipinski definition) is 2. The Kier molecular flexibility index (Phi) is 6.61. The van der Waals surface area contributed by atoms with Crippen molar-refractivity contribution >= 4 is 44.5 Å². The van der Waals surface area contributed by atoms with E-state index in [1.165, 1.54) is 11.3 Å². The normalized spacial score (nSPS) is 10.4. The van der Waals surface area contributed by atoms with Gasteiger partial charge in [-0.15, -0.1) is 0 Å². The molecular weight excluding hydrogens is 440 g/mol. The zero-order valence-corrected chi connectivity index (χ0v) is 18.7. The maximum absolute atomic E-state index is 12.8. The lowest BCUT2D eigenvalue weighted by Gasteiger charge is -2.11. The maximum Gasteiger partial charge on any atom is 0.257 e. The van der Waals surface area contributed by atoms with Crippen LogP contribution in [-0.2, 0) is 0 Å². The Morgan fingerprint density at radius 1 is 0.788 bits per heavy atom. The maximum atomic E-state index is 12.8. The molecule has 9 heteroatoms. The molecule has 0 aliphatic heterocycles. The second-order valence-electron chi connectivity index (χ2n) is 6.79. The number of nitrogens with zero attached hydrogens (tertiary/aromatic N) is 2. The summed E-state index contributed by atoms with van der Waals surface area (Å²) in [5.41, 5.74) is 1.54. The summed E-state index contributed by atoms with van der Waals surface area (Å²) < 4.78 is 11.2. The minimum atomic E-state index is -0.437. The van der Waals surface area contributed by atoms with Gasteiger partial charge in [0.25, 0.3) is 11.8 Å². The highest BCUT2D eigenvalue weighted by Gasteiger charge is 2.15. The first-order valence-corrected chi connectivity index (χ1v) is 10.7. The van der Waals surface area contributed by atoms with Gasteiger partial charge in [-0.25, -0.2) is 4.98 Å². The van der Waals surface area contributed by atoms with Gasteiger partial charge in [0.15, 0.2) is 0 Å². The first kappa shape index (κ1) is 22.0. The fourth-order valence-corrected chi connectivity index (χ4v) is 3.78. The van der Waals surface area contributed by atoms with Crippen molar-refractivity contribution in [2.45, 2.75) is 0 Å². The van der Waals surface area contributed by atoms with E-state index >= 15 is 0 Å². The topological polar surface area (TPSA) is 102 Å². The molecular formula is C24H20N4O4S. The van der Waals surface area contributed by atoms with E-state index in [-0.39, 0.29) is 5.96 Å². The number of hydrogen-bond acceptors (Lipinski definition) is 7. The predicted molar refractivity (Wildman–Crippen MR) is 128 cm³/mol. The molecule has 3 aromatic carbocycles. The molecule has 8 nitrogen and oxygen atoms in total. The first-order valence-electron chi connectivity index (χ1n) is 9.91. The van der Waals surface area contributed by atoms with Crippen LogP contribution in [0.1, 0.15) is 20.7 Å². The van der Waals surface area contributed by atoms with Crippen molar-refractivity contribution in [1.82, 2.24) is 15.6 Å². The number of aromatic nitrogens is 1. The summed E-state index contributed by atoms with van der Waals surface area (Å²) in [7, 11) is 3.10. The number of fused-ring (bicyclic) bond motifs is 1. The van der Waals surface area contributed by atoms with Crippen LogP contribution in [0.2, 0.25) is 0 Å². The average molecular weight is 461 g/mol. The van der Waals surface area contributed by atoms with E-state index in [1.54, 1.807) is 62.8 Å². The monoisotopic (exact) mass is 460 g/mol. The number of carbonyl (C=O) groups excluding carboxylic acids is 2. The summed E-state index contributed by atoms with van der Waals surface area (Å²) in [4.78, 5) is 34.5. The highest BCUT2D eigenvalue weighted by Crippen LogP contribution is 2.27. The molecule has 0 saturated heterocycles. The Hall–Kier alpha value is -4.24. The van der Waals surface area contributed by atoms with E-state index in [1.807, 2.05) is 24.3 Å². The van der Waals surface area contributed by atoms with Crippen LogP contribution in [0.5, 0.6) is 11.5 Å². The molecule has 0 aliphatic carbocycles. The van der Waals surface area contributed by atoms with Crippen LogP contribution in [0, 0.1) is 0 Å². The van der Waals surface area contributed by atoms with Gasteiger partial charge in [0.05, 0.1) is 24.4 Å². The van der Waals surface area contributed by atoms with Crippen molar-refractivity contribution in [2.24, 2.45) is 4.99 Å². The molecule has 4 aromatic rings. The summed E-state index contributed by atoms with van der Waals surface area (Å²) in [5.74, 6) is 0.348. The minimum absolute atomic E-state index is 0.0318. The molecule has 33 heavy (non-hydrogen) atoms. The number of ether oxygens (including phenoxy) is 2. The van der Waals surface area contributed by atoms with E-state index in [9.17, 15) is 9.59 Å². The second kappa shape index (κ2) is 9.92. The lowest BCUT2D eigenvalue weighted by Crippen LogP contribution is -2.43. The molecule has 1 heterocycles. The number of benzene rings is 3. The third kappa shape index (κ3) is 5.34. The number of carbonyl (C=O) groups is 2. The smallest absolute Gasteiger partial charge is 0.257 e. The van der Waals surface area contributed by atoms with E-state index in [0.29, 0.717) is 27.8 Å². The molecule has 0 atom stereocenters. The Labute approximate surface area is 193 Å². The number of para-hydroxylation sites is 1. The lowest BCUT2D eigenvalue weighted by molar-refractivity contribution is 0.0966. The molecule has 0 aliphatic rings. The van der Waals surface area contributed by atoms with Gasteiger partial charge in [0.1, 0.15) is 11.5 Å². The van der Waals surface area contributed by atoms with Gasteiger partial charge < -0.3 is 9.47 Å². The van der Waals surface area contributed by atoms with Gasteiger partial charge in [-0.2, -0.15) is 4.99 Å². The summed E-state index contributed by atoms with van der Waals surface area (Å²) in [6.07, 6.45) is 0. The third-order valence-electron chi connectivity index (χ3n) is 4.66. The number of aliphatic imine (C=N–C) groups is 1. The molecule has 0 saturated carbocycles. The molecule has 0 bridgehead atoms.